The van der Waals surface area contributed by atoms with Crippen LogP contribution in [-0.2, 0) is 9.53 Å². The molecule has 0 saturated heterocycles. The summed E-state index contributed by atoms with van der Waals surface area (Å²) in [6, 6.07) is 13.8. The molecule has 0 radical (unpaired) electrons. The molecule has 1 unspecified atom stereocenters. The van der Waals surface area contributed by atoms with Crippen LogP contribution in [0.5, 0.6) is 11.5 Å². The molecule has 0 fully saturated rings. The molecule has 8 nitrogen and oxygen atoms in total. The molecule has 0 saturated carbocycles. The molecule has 2 aromatic carbocycles. The molecule has 1 aromatic heterocycles. The molecular formula is C24H27N3O5. The first-order valence-electron chi connectivity index (χ1n) is 10.1. The minimum atomic E-state index is -0.577. The maximum Gasteiger partial charge on any atom is 0.338 e. The molecule has 1 atom stereocenters. The Bertz CT molecular complexity index is 1110. The summed E-state index contributed by atoms with van der Waals surface area (Å²) in [6.07, 6.45) is 0. The monoisotopic (exact) mass is 437 g/mol. The number of esters is 1. The topological polar surface area (TPSA) is 91.7 Å². The smallest absolute Gasteiger partial charge is 0.338 e. The number of aryl methyl sites for hydroxylation is 2. The number of rotatable bonds is 8. The fourth-order valence-electron chi connectivity index (χ4n) is 3.38. The Morgan fingerprint density at radius 1 is 1.03 bits per heavy atom. The van der Waals surface area contributed by atoms with Gasteiger partial charge in [0.05, 0.1) is 37.2 Å². The minimum Gasteiger partial charge on any atom is -0.497 e. The Hall–Kier alpha value is -3.81. The van der Waals surface area contributed by atoms with E-state index in [2.05, 4.69) is 10.4 Å². The van der Waals surface area contributed by atoms with Crippen LogP contribution in [0.3, 0.4) is 0 Å². The Kier molecular flexibility index (Phi) is 7.14. The number of nitrogens with zero attached hydrogens (tertiary/aromatic N) is 2. The number of amides is 1. The van der Waals surface area contributed by atoms with Crippen molar-refractivity contribution in [2.75, 3.05) is 20.8 Å². The summed E-state index contributed by atoms with van der Waals surface area (Å²) in [5.74, 6) is 0.275. The van der Waals surface area contributed by atoms with Crippen molar-refractivity contribution >= 4 is 11.9 Å². The lowest BCUT2D eigenvalue weighted by Crippen LogP contribution is -2.31. The molecule has 3 aromatic rings. The van der Waals surface area contributed by atoms with Crippen molar-refractivity contribution in [2.24, 2.45) is 0 Å². The third-order valence-electron chi connectivity index (χ3n) is 4.97. The van der Waals surface area contributed by atoms with Crippen LogP contribution >= 0.6 is 0 Å². The van der Waals surface area contributed by atoms with Crippen molar-refractivity contribution < 1.29 is 23.8 Å². The van der Waals surface area contributed by atoms with Gasteiger partial charge in [0, 0.05) is 11.3 Å². The van der Waals surface area contributed by atoms with E-state index in [1.807, 2.05) is 26.8 Å². The van der Waals surface area contributed by atoms with Crippen molar-refractivity contribution in [3.8, 4) is 17.2 Å². The van der Waals surface area contributed by atoms with Gasteiger partial charge < -0.3 is 19.5 Å². The van der Waals surface area contributed by atoms with Gasteiger partial charge in [0.2, 0.25) is 0 Å². The number of benzene rings is 2. The number of aromatic nitrogens is 2. The molecule has 0 aliphatic rings. The average Bonchev–Trinajstić information content (AvgIpc) is 3.14. The van der Waals surface area contributed by atoms with E-state index in [4.69, 9.17) is 14.2 Å². The molecule has 1 amide bonds. The summed E-state index contributed by atoms with van der Waals surface area (Å²) in [7, 11) is 3.12. The van der Waals surface area contributed by atoms with Gasteiger partial charge in [0.15, 0.2) is 6.61 Å². The Morgan fingerprint density at radius 3 is 2.34 bits per heavy atom. The molecule has 0 aliphatic heterocycles. The summed E-state index contributed by atoms with van der Waals surface area (Å²) in [4.78, 5) is 24.7. The number of carbonyl (C=O) groups is 2. The SMILES string of the molecule is COc1ccc(OC)c(C(C)NC(=O)COC(=O)c2ccc(-n3nc(C)cc3C)cc2)c1. The third-order valence-corrected chi connectivity index (χ3v) is 4.97. The number of nitrogens with one attached hydrogen (secondary N) is 1. The highest BCUT2D eigenvalue weighted by atomic mass is 16.5. The van der Waals surface area contributed by atoms with Gasteiger partial charge in [-0.1, -0.05) is 0 Å². The van der Waals surface area contributed by atoms with Crippen molar-refractivity contribution in [1.29, 1.82) is 0 Å². The van der Waals surface area contributed by atoms with E-state index in [1.165, 1.54) is 0 Å². The van der Waals surface area contributed by atoms with Crippen LogP contribution < -0.4 is 14.8 Å². The van der Waals surface area contributed by atoms with E-state index in [0.29, 0.717) is 17.1 Å². The molecule has 3 rings (SSSR count). The van der Waals surface area contributed by atoms with Gasteiger partial charge in [-0.2, -0.15) is 5.10 Å². The highest BCUT2D eigenvalue weighted by Gasteiger charge is 2.17. The van der Waals surface area contributed by atoms with E-state index >= 15 is 0 Å². The van der Waals surface area contributed by atoms with Gasteiger partial charge in [-0.05, 0) is 69.3 Å². The number of hydrogen-bond donors (Lipinski definition) is 1. The largest absolute Gasteiger partial charge is 0.497 e. The van der Waals surface area contributed by atoms with Gasteiger partial charge in [0.1, 0.15) is 11.5 Å². The highest BCUT2D eigenvalue weighted by Crippen LogP contribution is 2.29. The van der Waals surface area contributed by atoms with Crippen LogP contribution in [0.25, 0.3) is 5.69 Å². The molecule has 0 spiro atoms. The fraction of sp³-hybridized carbons (Fsp3) is 0.292. The van der Waals surface area contributed by atoms with E-state index in [9.17, 15) is 9.59 Å². The number of methoxy groups -OCH3 is 2. The standard InChI is InChI=1S/C24H27N3O5/c1-15-12-16(2)27(26-15)19-8-6-18(7-9-19)24(29)32-14-23(28)25-17(3)21-13-20(30-4)10-11-22(21)31-5/h6-13,17H,14H2,1-5H3,(H,25,28). The normalized spacial score (nSPS) is 11.5. The van der Waals surface area contributed by atoms with Crippen LogP contribution in [0, 0.1) is 13.8 Å². The molecule has 0 aliphatic carbocycles. The van der Waals surface area contributed by atoms with Crippen molar-refractivity contribution in [2.45, 2.75) is 26.8 Å². The fourth-order valence-corrected chi connectivity index (χ4v) is 3.38. The van der Waals surface area contributed by atoms with Crippen LogP contribution in [0.4, 0.5) is 0 Å². The van der Waals surface area contributed by atoms with Gasteiger partial charge in [-0.25, -0.2) is 9.48 Å². The average molecular weight is 437 g/mol. The van der Waals surface area contributed by atoms with Gasteiger partial charge >= 0.3 is 5.97 Å². The van der Waals surface area contributed by atoms with Crippen LogP contribution in [0.15, 0.2) is 48.5 Å². The summed E-state index contributed by atoms with van der Waals surface area (Å²) in [6.45, 7) is 5.30. The van der Waals surface area contributed by atoms with E-state index < -0.39 is 18.5 Å². The van der Waals surface area contributed by atoms with E-state index in [1.54, 1.807) is 61.4 Å². The Morgan fingerprint density at radius 2 is 1.75 bits per heavy atom. The Balaban J connectivity index is 1.58. The zero-order valence-corrected chi connectivity index (χ0v) is 18.8. The van der Waals surface area contributed by atoms with Crippen LogP contribution in [0.1, 0.15) is 40.3 Å². The Labute approximate surface area is 187 Å². The second-order valence-electron chi connectivity index (χ2n) is 7.36. The van der Waals surface area contributed by atoms with Crippen molar-refractivity contribution in [3.63, 3.8) is 0 Å². The predicted octanol–water partition coefficient (Wildman–Crippen LogP) is 3.54. The first kappa shape index (κ1) is 22.9. The first-order chi connectivity index (χ1) is 15.3. The maximum atomic E-state index is 12.3. The quantitative estimate of drug-likeness (QED) is 0.542. The van der Waals surface area contributed by atoms with Gasteiger partial charge in [0.25, 0.3) is 5.91 Å². The van der Waals surface area contributed by atoms with Crippen molar-refractivity contribution in [1.82, 2.24) is 15.1 Å². The first-order valence-corrected chi connectivity index (χ1v) is 10.1. The van der Waals surface area contributed by atoms with Crippen molar-refractivity contribution in [3.05, 3.63) is 71.0 Å². The van der Waals surface area contributed by atoms with Crippen LogP contribution in [-0.4, -0.2) is 42.5 Å². The van der Waals surface area contributed by atoms with Gasteiger partial charge in [-0.3, -0.25) is 4.79 Å². The summed E-state index contributed by atoms with van der Waals surface area (Å²) < 4.78 is 17.6. The minimum absolute atomic E-state index is 0.352. The number of ether oxygens (including phenoxy) is 3. The second kappa shape index (κ2) is 10.00. The lowest BCUT2D eigenvalue weighted by atomic mass is 10.1. The second-order valence-corrected chi connectivity index (χ2v) is 7.36. The van der Waals surface area contributed by atoms with Crippen LogP contribution in [0.2, 0.25) is 0 Å². The molecule has 1 heterocycles. The number of carbonyl (C=O) groups excluding carboxylic acids is 2. The molecule has 0 bridgehead atoms. The highest BCUT2D eigenvalue weighted by molar-refractivity contribution is 5.91. The summed E-state index contributed by atoms with van der Waals surface area (Å²) >= 11 is 0. The summed E-state index contributed by atoms with van der Waals surface area (Å²) in [5, 5.41) is 7.23. The van der Waals surface area contributed by atoms with E-state index in [-0.39, 0.29) is 6.04 Å². The molecule has 8 heteroatoms. The lowest BCUT2D eigenvalue weighted by molar-refractivity contribution is -0.124. The molecule has 168 valence electrons. The molecule has 32 heavy (non-hydrogen) atoms. The zero-order chi connectivity index (χ0) is 23.3. The maximum absolute atomic E-state index is 12.3. The third kappa shape index (κ3) is 5.26. The molecular weight excluding hydrogens is 410 g/mol. The molecule has 1 N–H and O–H groups in total. The number of hydrogen-bond acceptors (Lipinski definition) is 6. The predicted molar refractivity (Wildman–Crippen MR) is 119 cm³/mol. The zero-order valence-electron chi connectivity index (χ0n) is 18.8. The van der Waals surface area contributed by atoms with Gasteiger partial charge in [-0.15, -0.1) is 0 Å². The lowest BCUT2D eigenvalue weighted by Gasteiger charge is -2.18. The van der Waals surface area contributed by atoms with E-state index in [0.717, 1.165) is 22.6 Å². The summed E-state index contributed by atoms with van der Waals surface area (Å²) in [5.41, 5.74) is 3.86.